The van der Waals surface area contributed by atoms with E-state index in [1.54, 1.807) is 0 Å². The minimum atomic E-state index is -4.19. The number of carbonyl (C=O) groups is 1. The number of anilines is 1. The summed E-state index contributed by atoms with van der Waals surface area (Å²) < 4.78 is 37.0. The first kappa shape index (κ1) is 15.1. The monoisotopic (exact) mass is 314 g/mol. The van der Waals surface area contributed by atoms with Crippen LogP contribution in [0.5, 0.6) is 0 Å². The van der Waals surface area contributed by atoms with E-state index in [4.69, 9.17) is 0 Å². The number of fused-ring (bicyclic) bond motifs is 2. The van der Waals surface area contributed by atoms with Gasteiger partial charge in [0.25, 0.3) is 0 Å². The molecule has 1 N–H and O–H groups in total. The fourth-order valence-corrected chi connectivity index (χ4v) is 3.12. The Bertz CT molecular complexity index is 563. The van der Waals surface area contributed by atoms with Crippen LogP contribution >= 0.6 is 0 Å². The van der Waals surface area contributed by atoms with Gasteiger partial charge in [-0.15, -0.1) is 0 Å². The summed E-state index contributed by atoms with van der Waals surface area (Å²) in [7, 11) is 0. The number of halogens is 3. The summed E-state index contributed by atoms with van der Waals surface area (Å²) in [6.45, 7) is 0.533. The Hall–Kier alpha value is -1.86. The predicted molar refractivity (Wildman–Crippen MR) is 73.3 cm³/mol. The summed E-state index contributed by atoms with van der Waals surface area (Å²) in [6, 6.07) is 1.66. The second-order valence-electron chi connectivity index (χ2n) is 5.76. The summed E-state index contributed by atoms with van der Waals surface area (Å²) in [5.74, 6) is 0.439. The van der Waals surface area contributed by atoms with Crippen molar-refractivity contribution in [1.29, 1.82) is 0 Å². The molecule has 2 saturated heterocycles. The average Bonchev–Trinajstić information content (AvgIpc) is 2.76. The number of rotatable bonds is 3. The van der Waals surface area contributed by atoms with E-state index in [0.29, 0.717) is 24.6 Å². The van der Waals surface area contributed by atoms with Crippen molar-refractivity contribution >= 4 is 11.9 Å². The number of aromatic nitrogens is 2. The van der Waals surface area contributed by atoms with E-state index in [-0.39, 0.29) is 24.4 Å². The van der Waals surface area contributed by atoms with Gasteiger partial charge in [0, 0.05) is 43.4 Å². The molecule has 0 unspecified atom stereocenters. The predicted octanol–water partition coefficient (Wildman–Crippen LogP) is 1.83. The van der Waals surface area contributed by atoms with Gasteiger partial charge < -0.3 is 10.2 Å². The maximum atomic E-state index is 12.3. The lowest BCUT2D eigenvalue weighted by Crippen LogP contribution is -2.39. The van der Waals surface area contributed by atoms with Gasteiger partial charge in [0.15, 0.2) is 0 Å². The summed E-state index contributed by atoms with van der Waals surface area (Å²) in [5, 5.41) is 2.85. The first-order valence-corrected chi connectivity index (χ1v) is 7.36. The second-order valence-corrected chi connectivity index (χ2v) is 5.76. The Morgan fingerprint density at radius 3 is 2.86 bits per heavy atom. The number of hydrogen-bond acceptors (Lipinski definition) is 4. The van der Waals surface area contributed by atoms with E-state index in [1.807, 2.05) is 4.90 Å². The summed E-state index contributed by atoms with van der Waals surface area (Å²) in [4.78, 5) is 22.1. The molecule has 0 saturated carbocycles. The molecule has 0 aliphatic carbocycles. The maximum Gasteiger partial charge on any atom is 0.389 e. The van der Waals surface area contributed by atoms with Gasteiger partial charge in [-0.25, -0.2) is 9.97 Å². The molecule has 0 spiro atoms. The highest BCUT2D eigenvalue weighted by Gasteiger charge is 2.39. The van der Waals surface area contributed by atoms with E-state index in [1.165, 1.54) is 12.3 Å². The first-order chi connectivity index (χ1) is 10.4. The molecule has 0 radical (unpaired) electrons. The highest BCUT2D eigenvalue weighted by Crippen LogP contribution is 2.31. The fourth-order valence-electron chi connectivity index (χ4n) is 3.12. The molecule has 0 aromatic carbocycles. The van der Waals surface area contributed by atoms with Crippen LogP contribution in [0.3, 0.4) is 0 Å². The smallest absolute Gasteiger partial charge is 0.354 e. The zero-order valence-corrected chi connectivity index (χ0v) is 11.9. The average molecular weight is 314 g/mol. The molecule has 5 nitrogen and oxygen atoms in total. The number of aryl methyl sites for hydroxylation is 1. The summed E-state index contributed by atoms with van der Waals surface area (Å²) in [5.41, 5.74) is 0.380. The maximum absolute atomic E-state index is 12.3. The second kappa shape index (κ2) is 5.73. The van der Waals surface area contributed by atoms with Crippen LogP contribution in [0.1, 0.15) is 31.4 Å². The van der Waals surface area contributed by atoms with Crippen LogP contribution in [0.15, 0.2) is 12.3 Å². The molecular weight excluding hydrogens is 297 g/mol. The minimum absolute atomic E-state index is 0.00502. The Morgan fingerprint density at radius 1 is 1.32 bits per heavy atom. The zero-order valence-electron chi connectivity index (χ0n) is 11.9. The van der Waals surface area contributed by atoms with E-state index < -0.39 is 12.6 Å². The minimum Gasteiger partial charge on any atom is -0.354 e. The first-order valence-electron chi connectivity index (χ1n) is 7.36. The Kier molecular flexibility index (Phi) is 3.92. The van der Waals surface area contributed by atoms with Crippen LogP contribution in [-0.4, -0.2) is 40.7 Å². The van der Waals surface area contributed by atoms with E-state index in [9.17, 15) is 18.0 Å². The van der Waals surface area contributed by atoms with Gasteiger partial charge in [-0.3, -0.25) is 4.79 Å². The van der Waals surface area contributed by atoms with E-state index >= 15 is 0 Å². The topological polar surface area (TPSA) is 58.1 Å². The summed E-state index contributed by atoms with van der Waals surface area (Å²) >= 11 is 0. The molecule has 1 aromatic rings. The molecule has 1 amide bonds. The Morgan fingerprint density at radius 2 is 2.09 bits per heavy atom. The quantitative estimate of drug-likeness (QED) is 0.925. The van der Waals surface area contributed by atoms with Gasteiger partial charge in [-0.2, -0.15) is 13.2 Å². The SMILES string of the molecule is O=C1C[C@H]2CC[C@@H](CN1)N2c1nccc(CCC(F)(F)F)n1. The molecule has 2 atom stereocenters. The standard InChI is InChI=1S/C14H17F3N4O/c15-14(16,17)5-3-9-4-6-18-13(20-9)21-10-1-2-11(21)8-19-12(22)7-10/h4,6,10-11H,1-3,5,7-8H2,(H,19,22)/t10-,11+/m1/s1. The van der Waals surface area contributed by atoms with Crippen LogP contribution in [0.25, 0.3) is 0 Å². The molecular formula is C14H17F3N4O. The number of amides is 1. The lowest BCUT2D eigenvalue weighted by Gasteiger charge is -2.27. The van der Waals surface area contributed by atoms with Crippen LogP contribution in [0.2, 0.25) is 0 Å². The van der Waals surface area contributed by atoms with Crippen molar-refractivity contribution in [1.82, 2.24) is 15.3 Å². The highest BCUT2D eigenvalue weighted by atomic mass is 19.4. The molecule has 2 aliphatic heterocycles. The third kappa shape index (κ3) is 3.31. The van der Waals surface area contributed by atoms with Crippen molar-refractivity contribution in [3.05, 3.63) is 18.0 Å². The van der Waals surface area contributed by atoms with E-state index in [0.717, 1.165) is 12.8 Å². The lowest BCUT2D eigenvalue weighted by molar-refractivity contribution is -0.134. The van der Waals surface area contributed by atoms with Crippen LogP contribution < -0.4 is 10.2 Å². The van der Waals surface area contributed by atoms with Crippen molar-refractivity contribution in [3.63, 3.8) is 0 Å². The molecule has 120 valence electrons. The lowest BCUT2D eigenvalue weighted by atomic mass is 10.1. The van der Waals surface area contributed by atoms with Crippen molar-refractivity contribution < 1.29 is 18.0 Å². The molecule has 22 heavy (non-hydrogen) atoms. The molecule has 8 heteroatoms. The zero-order chi connectivity index (χ0) is 15.7. The highest BCUT2D eigenvalue weighted by molar-refractivity contribution is 5.78. The Labute approximate surface area is 125 Å². The van der Waals surface area contributed by atoms with Gasteiger partial charge in [0.1, 0.15) is 0 Å². The van der Waals surface area contributed by atoms with Crippen molar-refractivity contribution in [2.24, 2.45) is 0 Å². The molecule has 3 heterocycles. The van der Waals surface area contributed by atoms with Crippen LogP contribution in [0, 0.1) is 0 Å². The van der Waals surface area contributed by atoms with Gasteiger partial charge in [0.2, 0.25) is 11.9 Å². The van der Waals surface area contributed by atoms with Crippen molar-refractivity contribution in [2.75, 3.05) is 11.4 Å². The molecule has 2 fully saturated rings. The van der Waals surface area contributed by atoms with Crippen molar-refractivity contribution in [3.8, 4) is 0 Å². The normalized spacial score (nSPS) is 25.0. The largest absolute Gasteiger partial charge is 0.389 e. The molecule has 3 rings (SSSR count). The number of alkyl halides is 3. The van der Waals surface area contributed by atoms with Crippen LogP contribution in [-0.2, 0) is 11.2 Å². The van der Waals surface area contributed by atoms with Gasteiger partial charge >= 0.3 is 6.18 Å². The number of carbonyl (C=O) groups excluding carboxylic acids is 1. The third-order valence-electron chi connectivity index (χ3n) is 4.17. The Balaban J connectivity index is 1.78. The molecule has 2 bridgehead atoms. The fraction of sp³-hybridized carbons (Fsp3) is 0.643. The number of nitrogens with one attached hydrogen (secondary N) is 1. The van der Waals surface area contributed by atoms with Crippen LogP contribution in [0.4, 0.5) is 19.1 Å². The van der Waals surface area contributed by atoms with Gasteiger partial charge in [-0.05, 0) is 25.3 Å². The molecule has 2 aliphatic rings. The summed E-state index contributed by atoms with van der Waals surface area (Å²) in [6.07, 6.45) is -1.55. The number of hydrogen-bond donors (Lipinski definition) is 1. The van der Waals surface area contributed by atoms with Crippen molar-refractivity contribution in [2.45, 2.75) is 50.4 Å². The van der Waals surface area contributed by atoms with Gasteiger partial charge in [-0.1, -0.05) is 0 Å². The van der Waals surface area contributed by atoms with E-state index in [2.05, 4.69) is 15.3 Å². The number of nitrogens with zero attached hydrogens (tertiary/aromatic N) is 3. The molecule has 1 aromatic heterocycles. The third-order valence-corrected chi connectivity index (χ3v) is 4.17. The van der Waals surface area contributed by atoms with Gasteiger partial charge in [0.05, 0.1) is 0 Å².